The fourth-order valence-electron chi connectivity index (χ4n) is 2.68. The monoisotopic (exact) mass is 328 g/mol. The molecule has 2 rings (SSSR count). The molecule has 5 heteroatoms. The smallest absolute Gasteiger partial charge is 0.220 e. The second-order valence-electron chi connectivity index (χ2n) is 5.47. The van der Waals surface area contributed by atoms with Crippen LogP contribution in [0.5, 0.6) is 0 Å². The van der Waals surface area contributed by atoms with Crippen molar-refractivity contribution in [3.8, 4) is 0 Å². The van der Waals surface area contributed by atoms with E-state index in [9.17, 15) is 4.79 Å². The van der Waals surface area contributed by atoms with Crippen molar-refractivity contribution in [2.75, 3.05) is 13.1 Å². The van der Waals surface area contributed by atoms with Crippen LogP contribution < -0.4 is 11.1 Å². The summed E-state index contributed by atoms with van der Waals surface area (Å²) in [5.41, 5.74) is 5.44. The van der Waals surface area contributed by atoms with Crippen LogP contribution in [-0.2, 0) is 4.79 Å². The second kappa shape index (κ2) is 9.34. The number of thioether (sulfide) groups is 1. The van der Waals surface area contributed by atoms with Gasteiger partial charge in [0.15, 0.2) is 0 Å². The Morgan fingerprint density at radius 1 is 1.24 bits per heavy atom. The molecule has 0 bridgehead atoms. The fraction of sp³-hybridized carbons (Fsp3) is 0.562. The third-order valence-corrected chi connectivity index (χ3v) is 5.30. The number of hydrogen-bond donors (Lipinski definition) is 2. The van der Waals surface area contributed by atoms with Crippen LogP contribution in [0.25, 0.3) is 0 Å². The summed E-state index contributed by atoms with van der Waals surface area (Å²) in [7, 11) is 0. The minimum Gasteiger partial charge on any atom is -0.355 e. The Morgan fingerprint density at radius 2 is 1.90 bits per heavy atom. The molecule has 1 saturated carbocycles. The van der Waals surface area contributed by atoms with Gasteiger partial charge in [-0.2, -0.15) is 0 Å². The lowest BCUT2D eigenvalue weighted by atomic mass is 10.1. The predicted octanol–water partition coefficient (Wildman–Crippen LogP) is 3.37. The molecule has 0 aliphatic heterocycles. The van der Waals surface area contributed by atoms with E-state index < -0.39 is 0 Å². The number of benzene rings is 1. The van der Waals surface area contributed by atoms with Crippen molar-refractivity contribution >= 4 is 30.1 Å². The van der Waals surface area contributed by atoms with Gasteiger partial charge < -0.3 is 11.1 Å². The van der Waals surface area contributed by atoms with Gasteiger partial charge in [0.05, 0.1) is 0 Å². The average Bonchev–Trinajstić information content (AvgIpc) is 2.93. The maximum Gasteiger partial charge on any atom is 0.220 e. The van der Waals surface area contributed by atoms with Crippen molar-refractivity contribution in [2.24, 2.45) is 5.73 Å². The van der Waals surface area contributed by atoms with Crippen LogP contribution in [-0.4, -0.2) is 23.7 Å². The van der Waals surface area contributed by atoms with Gasteiger partial charge in [-0.15, -0.1) is 24.2 Å². The second-order valence-corrected chi connectivity index (χ2v) is 7.02. The standard InChI is InChI=1S/C16H24N2OS.ClH/c17-12-6-9-15(19)18-13-16(10-4-5-11-16)20-14-7-2-1-3-8-14;/h1-3,7-8H,4-6,9-13,17H2,(H,18,19);1H. The predicted molar refractivity (Wildman–Crippen MR) is 92.0 cm³/mol. The molecule has 1 aromatic rings. The van der Waals surface area contributed by atoms with E-state index in [4.69, 9.17) is 5.73 Å². The molecule has 1 aromatic carbocycles. The van der Waals surface area contributed by atoms with E-state index in [1.54, 1.807) is 0 Å². The Kier molecular flexibility index (Phi) is 8.15. The molecule has 0 spiro atoms. The summed E-state index contributed by atoms with van der Waals surface area (Å²) >= 11 is 1.93. The van der Waals surface area contributed by atoms with Crippen molar-refractivity contribution in [3.05, 3.63) is 30.3 Å². The highest BCUT2D eigenvalue weighted by molar-refractivity contribution is 8.00. The average molecular weight is 329 g/mol. The highest BCUT2D eigenvalue weighted by Gasteiger charge is 2.35. The Bertz CT molecular complexity index is 422. The van der Waals surface area contributed by atoms with Gasteiger partial charge in [0, 0.05) is 22.6 Å². The summed E-state index contributed by atoms with van der Waals surface area (Å²) in [6.45, 7) is 1.35. The van der Waals surface area contributed by atoms with Crippen molar-refractivity contribution in [3.63, 3.8) is 0 Å². The van der Waals surface area contributed by atoms with Crippen molar-refractivity contribution in [1.29, 1.82) is 0 Å². The van der Waals surface area contributed by atoms with Crippen LogP contribution in [0.15, 0.2) is 35.2 Å². The number of carbonyl (C=O) groups excluding carboxylic acids is 1. The van der Waals surface area contributed by atoms with E-state index in [-0.39, 0.29) is 23.1 Å². The lowest BCUT2D eigenvalue weighted by Crippen LogP contribution is -2.38. The lowest BCUT2D eigenvalue weighted by Gasteiger charge is -2.28. The maximum absolute atomic E-state index is 11.8. The molecule has 0 heterocycles. The molecule has 0 radical (unpaired) electrons. The highest BCUT2D eigenvalue weighted by Crippen LogP contribution is 2.44. The first-order chi connectivity index (χ1) is 9.74. The van der Waals surface area contributed by atoms with Gasteiger partial charge >= 0.3 is 0 Å². The van der Waals surface area contributed by atoms with Gasteiger partial charge in [-0.25, -0.2) is 0 Å². The fourth-order valence-corrected chi connectivity index (χ4v) is 4.11. The largest absolute Gasteiger partial charge is 0.355 e. The number of halogens is 1. The molecule has 3 N–H and O–H groups in total. The normalized spacial score (nSPS) is 16.2. The van der Waals surface area contributed by atoms with E-state index in [0.717, 1.165) is 13.0 Å². The molecule has 0 unspecified atom stereocenters. The third-order valence-electron chi connectivity index (χ3n) is 3.81. The first-order valence-corrected chi connectivity index (χ1v) is 8.27. The zero-order valence-corrected chi connectivity index (χ0v) is 14.0. The van der Waals surface area contributed by atoms with E-state index >= 15 is 0 Å². The van der Waals surface area contributed by atoms with Crippen LogP contribution >= 0.6 is 24.2 Å². The van der Waals surface area contributed by atoms with E-state index in [1.165, 1.54) is 30.6 Å². The van der Waals surface area contributed by atoms with Crippen molar-refractivity contribution in [1.82, 2.24) is 5.32 Å². The molecule has 118 valence electrons. The Balaban J connectivity index is 0.00000220. The van der Waals surface area contributed by atoms with Crippen LogP contribution in [0.1, 0.15) is 38.5 Å². The number of carbonyl (C=O) groups is 1. The summed E-state index contributed by atoms with van der Waals surface area (Å²) in [5.74, 6) is 0.135. The first-order valence-electron chi connectivity index (χ1n) is 7.45. The zero-order chi connectivity index (χ0) is 14.3. The minimum atomic E-state index is 0. The van der Waals surface area contributed by atoms with Crippen molar-refractivity contribution < 1.29 is 4.79 Å². The number of rotatable bonds is 7. The van der Waals surface area contributed by atoms with Gasteiger partial charge in [0.2, 0.25) is 5.91 Å². The number of amides is 1. The van der Waals surface area contributed by atoms with E-state index in [0.29, 0.717) is 13.0 Å². The molecule has 0 aromatic heterocycles. The quantitative estimate of drug-likeness (QED) is 0.807. The lowest BCUT2D eigenvalue weighted by molar-refractivity contribution is -0.121. The first kappa shape index (κ1) is 18.3. The van der Waals surface area contributed by atoms with Gasteiger partial charge in [-0.3, -0.25) is 4.79 Å². The molecule has 1 aliphatic carbocycles. The molecule has 1 aliphatic rings. The summed E-state index contributed by atoms with van der Waals surface area (Å²) in [6.07, 6.45) is 6.21. The van der Waals surface area contributed by atoms with Crippen LogP contribution in [0.4, 0.5) is 0 Å². The summed E-state index contributed by atoms with van der Waals surface area (Å²) in [4.78, 5) is 13.1. The number of hydrogen-bond acceptors (Lipinski definition) is 3. The van der Waals surface area contributed by atoms with E-state index in [1.807, 2.05) is 17.8 Å². The Hall–Kier alpha value is -0.710. The molecule has 1 amide bonds. The molecular formula is C16H25ClN2OS. The molecule has 3 nitrogen and oxygen atoms in total. The number of nitrogens with two attached hydrogens (primary N) is 1. The van der Waals surface area contributed by atoms with Crippen molar-refractivity contribution in [2.45, 2.75) is 48.2 Å². The topological polar surface area (TPSA) is 55.1 Å². The maximum atomic E-state index is 11.8. The van der Waals surface area contributed by atoms with Crippen LogP contribution in [0.2, 0.25) is 0 Å². The zero-order valence-electron chi connectivity index (χ0n) is 12.3. The van der Waals surface area contributed by atoms with Crippen LogP contribution in [0, 0.1) is 0 Å². The number of nitrogens with one attached hydrogen (secondary N) is 1. The minimum absolute atomic E-state index is 0. The molecule has 1 fully saturated rings. The molecule has 0 atom stereocenters. The summed E-state index contributed by atoms with van der Waals surface area (Å²) < 4.78 is 0.180. The SMILES string of the molecule is Cl.NCCCC(=O)NCC1(Sc2ccccc2)CCCC1. The molecule has 0 saturated heterocycles. The van der Waals surface area contributed by atoms with Gasteiger partial charge in [0.25, 0.3) is 0 Å². The van der Waals surface area contributed by atoms with E-state index in [2.05, 4.69) is 29.6 Å². The highest BCUT2D eigenvalue weighted by atomic mass is 35.5. The molecular weight excluding hydrogens is 304 g/mol. The van der Waals surface area contributed by atoms with Gasteiger partial charge in [-0.05, 0) is 37.9 Å². The van der Waals surface area contributed by atoms with Gasteiger partial charge in [0.1, 0.15) is 0 Å². The Labute approximate surface area is 137 Å². The van der Waals surface area contributed by atoms with Crippen LogP contribution in [0.3, 0.4) is 0 Å². The third kappa shape index (κ3) is 5.89. The summed E-state index contributed by atoms with van der Waals surface area (Å²) in [6, 6.07) is 10.5. The summed E-state index contributed by atoms with van der Waals surface area (Å²) in [5, 5.41) is 3.11. The molecule has 21 heavy (non-hydrogen) atoms. The Morgan fingerprint density at radius 3 is 2.52 bits per heavy atom. The van der Waals surface area contributed by atoms with Gasteiger partial charge in [-0.1, -0.05) is 31.0 Å².